The van der Waals surface area contributed by atoms with Crippen LogP contribution >= 0.6 is 0 Å². The molecule has 3 rings (SSSR count). The number of ether oxygens (including phenoxy) is 2. The number of amides is 1. The number of carbonyl (C=O) groups excluding carboxylic acids is 1. The highest BCUT2D eigenvalue weighted by atomic mass is 16.5. The number of methoxy groups -OCH3 is 1. The first-order valence-corrected chi connectivity index (χ1v) is 7.94. The predicted octanol–water partition coefficient (Wildman–Crippen LogP) is 1.66. The summed E-state index contributed by atoms with van der Waals surface area (Å²) in [6.07, 6.45) is 5.44. The van der Waals surface area contributed by atoms with Crippen LogP contribution < -0.4 is 4.74 Å². The smallest absolute Gasteiger partial charge is 0.254 e. The Morgan fingerprint density at radius 3 is 3.04 bits per heavy atom. The third-order valence-electron chi connectivity index (χ3n) is 4.17. The summed E-state index contributed by atoms with van der Waals surface area (Å²) in [5.74, 6) is 0.504. The Kier molecular flexibility index (Phi) is 5.21. The molecule has 0 unspecified atom stereocenters. The Labute approximate surface area is 145 Å². The van der Waals surface area contributed by atoms with Gasteiger partial charge in [-0.1, -0.05) is 0 Å². The van der Waals surface area contributed by atoms with Crippen molar-refractivity contribution < 1.29 is 14.3 Å². The van der Waals surface area contributed by atoms with E-state index in [4.69, 9.17) is 14.7 Å². The zero-order chi connectivity index (χ0) is 17.6. The summed E-state index contributed by atoms with van der Waals surface area (Å²) in [5.41, 5.74) is 0.658. The molecule has 2 aromatic rings. The summed E-state index contributed by atoms with van der Waals surface area (Å²) in [5, 5.41) is 8.97. The van der Waals surface area contributed by atoms with Crippen molar-refractivity contribution in [3.05, 3.63) is 54.1 Å². The van der Waals surface area contributed by atoms with Gasteiger partial charge in [0.05, 0.1) is 18.3 Å². The van der Waals surface area contributed by atoms with E-state index in [0.29, 0.717) is 30.9 Å². The van der Waals surface area contributed by atoms with Crippen LogP contribution in [0.15, 0.2) is 42.9 Å². The highest BCUT2D eigenvalue weighted by Crippen LogP contribution is 2.23. The molecule has 0 saturated carbocycles. The SMILES string of the molecule is CO[C@@H]1C[C@@H](COc2cccnc2)N(C(=O)c2ccnc(C#N)c2)C1. The van der Waals surface area contributed by atoms with Gasteiger partial charge < -0.3 is 14.4 Å². The molecule has 7 heteroatoms. The number of carbonyl (C=O) groups is 1. The van der Waals surface area contributed by atoms with Crippen LogP contribution in [0.3, 0.4) is 0 Å². The maximum atomic E-state index is 12.9. The summed E-state index contributed by atoms with van der Waals surface area (Å²) in [6, 6.07) is 8.57. The summed E-state index contributed by atoms with van der Waals surface area (Å²) in [7, 11) is 1.64. The van der Waals surface area contributed by atoms with Crippen molar-refractivity contribution in [1.82, 2.24) is 14.9 Å². The number of hydrogen-bond acceptors (Lipinski definition) is 6. The second kappa shape index (κ2) is 7.73. The van der Waals surface area contributed by atoms with Crippen molar-refractivity contribution in [2.45, 2.75) is 18.6 Å². The molecule has 25 heavy (non-hydrogen) atoms. The molecule has 7 nitrogen and oxygen atoms in total. The van der Waals surface area contributed by atoms with Crippen LogP contribution in [-0.4, -0.2) is 53.2 Å². The van der Waals surface area contributed by atoms with Crippen molar-refractivity contribution in [3.8, 4) is 11.8 Å². The van der Waals surface area contributed by atoms with Gasteiger partial charge in [-0.25, -0.2) is 4.98 Å². The van der Waals surface area contributed by atoms with Crippen molar-refractivity contribution in [3.63, 3.8) is 0 Å². The van der Waals surface area contributed by atoms with Gasteiger partial charge in [-0.2, -0.15) is 5.26 Å². The number of hydrogen-bond donors (Lipinski definition) is 0. The third-order valence-corrected chi connectivity index (χ3v) is 4.17. The number of nitrogens with zero attached hydrogens (tertiary/aromatic N) is 4. The first kappa shape index (κ1) is 16.9. The van der Waals surface area contributed by atoms with Gasteiger partial charge in [0.15, 0.2) is 0 Å². The molecular weight excluding hydrogens is 320 g/mol. The molecule has 0 aliphatic carbocycles. The van der Waals surface area contributed by atoms with Gasteiger partial charge in [0.2, 0.25) is 0 Å². The lowest BCUT2D eigenvalue weighted by atomic mass is 10.1. The number of nitriles is 1. The monoisotopic (exact) mass is 338 g/mol. The van der Waals surface area contributed by atoms with Crippen LogP contribution in [0.25, 0.3) is 0 Å². The molecule has 0 spiro atoms. The first-order chi connectivity index (χ1) is 12.2. The standard InChI is InChI=1S/C18H18N4O3/c1-24-17-8-15(12-25-16-3-2-5-20-10-16)22(11-17)18(23)13-4-6-21-14(7-13)9-19/h2-7,10,15,17H,8,11-12H2,1H3/t15-,17+/m0/s1. The summed E-state index contributed by atoms with van der Waals surface area (Å²) < 4.78 is 11.2. The highest BCUT2D eigenvalue weighted by Gasteiger charge is 2.36. The molecule has 1 saturated heterocycles. The Balaban J connectivity index is 1.74. The van der Waals surface area contributed by atoms with E-state index in [9.17, 15) is 4.79 Å². The molecule has 1 fully saturated rings. The lowest BCUT2D eigenvalue weighted by Crippen LogP contribution is -2.39. The van der Waals surface area contributed by atoms with E-state index in [0.717, 1.165) is 0 Å². The number of aromatic nitrogens is 2. The fourth-order valence-electron chi connectivity index (χ4n) is 2.87. The van der Waals surface area contributed by atoms with Crippen LogP contribution in [0.4, 0.5) is 0 Å². The second-order valence-corrected chi connectivity index (χ2v) is 5.75. The average molecular weight is 338 g/mol. The lowest BCUT2D eigenvalue weighted by molar-refractivity contribution is 0.0657. The zero-order valence-electron chi connectivity index (χ0n) is 13.8. The molecule has 0 bridgehead atoms. The Morgan fingerprint density at radius 2 is 2.32 bits per heavy atom. The second-order valence-electron chi connectivity index (χ2n) is 5.75. The van der Waals surface area contributed by atoms with Crippen molar-refractivity contribution >= 4 is 5.91 Å². The van der Waals surface area contributed by atoms with E-state index in [1.807, 2.05) is 12.1 Å². The van der Waals surface area contributed by atoms with Crippen molar-refractivity contribution in [2.75, 3.05) is 20.3 Å². The van der Waals surface area contributed by atoms with Crippen molar-refractivity contribution in [1.29, 1.82) is 5.26 Å². The van der Waals surface area contributed by atoms with Crippen LogP contribution in [0.5, 0.6) is 5.75 Å². The first-order valence-electron chi connectivity index (χ1n) is 7.94. The third kappa shape index (κ3) is 3.92. The molecule has 3 heterocycles. The van der Waals surface area contributed by atoms with Gasteiger partial charge in [0.25, 0.3) is 5.91 Å². The minimum Gasteiger partial charge on any atom is -0.490 e. The van der Waals surface area contributed by atoms with Crippen LogP contribution in [0.1, 0.15) is 22.5 Å². The highest BCUT2D eigenvalue weighted by molar-refractivity contribution is 5.94. The Morgan fingerprint density at radius 1 is 1.44 bits per heavy atom. The summed E-state index contributed by atoms with van der Waals surface area (Å²) >= 11 is 0. The molecule has 2 atom stereocenters. The molecule has 0 N–H and O–H groups in total. The molecule has 1 aliphatic heterocycles. The molecule has 0 aromatic carbocycles. The minimum atomic E-state index is -0.154. The van der Waals surface area contributed by atoms with Gasteiger partial charge in [0, 0.05) is 31.6 Å². The quantitative estimate of drug-likeness (QED) is 0.824. The van der Waals surface area contributed by atoms with E-state index in [2.05, 4.69) is 9.97 Å². The number of pyridine rings is 2. The maximum absolute atomic E-state index is 12.9. The van der Waals surface area contributed by atoms with E-state index in [1.54, 1.807) is 36.5 Å². The van der Waals surface area contributed by atoms with Crippen LogP contribution in [0, 0.1) is 11.3 Å². The summed E-state index contributed by atoms with van der Waals surface area (Å²) in [6.45, 7) is 0.841. The van der Waals surface area contributed by atoms with Gasteiger partial charge >= 0.3 is 0 Å². The van der Waals surface area contributed by atoms with Gasteiger partial charge in [-0.15, -0.1) is 0 Å². The molecule has 0 radical (unpaired) electrons. The molecular formula is C18H18N4O3. The predicted molar refractivity (Wildman–Crippen MR) is 88.9 cm³/mol. The maximum Gasteiger partial charge on any atom is 0.254 e. The Bertz CT molecular complexity index is 775. The molecule has 128 valence electrons. The average Bonchev–Trinajstić information content (AvgIpc) is 3.10. The largest absolute Gasteiger partial charge is 0.490 e. The van der Waals surface area contributed by atoms with Crippen LogP contribution in [-0.2, 0) is 4.74 Å². The fraction of sp³-hybridized carbons (Fsp3) is 0.333. The van der Waals surface area contributed by atoms with Gasteiger partial charge in [0.1, 0.15) is 24.1 Å². The Hall–Kier alpha value is -2.98. The van der Waals surface area contributed by atoms with Gasteiger partial charge in [-0.3, -0.25) is 9.78 Å². The molecule has 2 aromatic heterocycles. The molecule has 1 amide bonds. The number of likely N-dealkylation sites (tertiary alicyclic amines) is 1. The van der Waals surface area contributed by atoms with Crippen molar-refractivity contribution in [2.24, 2.45) is 0 Å². The fourth-order valence-corrected chi connectivity index (χ4v) is 2.87. The lowest BCUT2D eigenvalue weighted by Gasteiger charge is -2.24. The van der Waals surface area contributed by atoms with E-state index >= 15 is 0 Å². The van der Waals surface area contributed by atoms with Crippen LogP contribution in [0.2, 0.25) is 0 Å². The van der Waals surface area contributed by atoms with Gasteiger partial charge in [-0.05, 0) is 30.7 Å². The molecule has 1 aliphatic rings. The topological polar surface area (TPSA) is 88.3 Å². The summed E-state index contributed by atoms with van der Waals surface area (Å²) in [4.78, 5) is 22.5. The number of rotatable bonds is 5. The van der Waals surface area contributed by atoms with E-state index < -0.39 is 0 Å². The van der Waals surface area contributed by atoms with E-state index in [-0.39, 0.29) is 23.7 Å². The minimum absolute atomic E-state index is 0.0382. The zero-order valence-corrected chi connectivity index (χ0v) is 13.8. The normalized spacial score (nSPS) is 19.4. The van der Waals surface area contributed by atoms with E-state index in [1.165, 1.54) is 12.3 Å².